The monoisotopic (exact) mass is 399 g/mol. The lowest BCUT2D eigenvalue weighted by Crippen LogP contribution is -2.49. The summed E-state index contributed by atoms with van der Waals surface area (Å²) in [6.07, 6.45) is 7.76. The Bertz CT molecular complexity index is 816. The molecule has 0 atom stereocenters. The minimum absolute atomic E-state index is 0.0279. The van der Waals surface area contributed by atoms with Crippen LogP contribution >= 0.6 is 11.6 Å². The predicted octanol–water partition coefficient (Wildman–Crippen LogP) is 3.84. The second kappa shape index (κ2) is 8.78. The third-order valence-corrected chi connectivity index (χ3v) is 5.79. The molecule has 4 rings (SSSR count). The van der Waals surface area contributed by atoms with Gasteiger partial charge in [-0.2, -0.15) is 0 Å². The Hall–Kier alpha value is -2.34. The van der Waals surface area contributed by atoms with Gasteiger partial charge in [0.2, 0.25) is 5.95 Å². The van der Waals surface area contributed by atoms with E-state index in [9.17, 15) is 4.79 Å². The Morgan fingerprint density at radius 3 is 2.61 bits per heavy atom. The van der Waals surface area contributed by atoms with Gasteiger partial charge in [0.15, 0.2) is 0 Å². The van der Waals surface area contributed by atoms with E-state index in [0.29, 0.717) is 30.8 Å². The smallest absolute Gasteiger partial charge is 0.272 e. The van der Waals surface area contributed by atoms with Crippen molar-refractivity contribution in [2.75, 3.05) is 36.4 Å². The number of aromatic nitrogens is 2. The quantitative estimate of drug-likeness (QED) is 0.846. The highest BCUT2D eigenvalue weighted by Gasteiger charge is 2.24. The van der Waals surface area contributed by atoms with Gasteiger partial charge in [0.05, 0.1) is 0 Å². The van der Waals surface area contributed by atoms with Crippen LogP contribution in [0.3, 0.4) is 0 Å². The zero-order valence-corrected chi connectivity index (χ0v) is 16.7. The van der Waals surface area contributed by atoms with Gasteiger partial charge in [-0.15, -0.1) is 0 Å². The van der Waals surface area contributed by atoms with Crippen molar-refractivity contribution in [1.29, 1.82) is 0 Å². The van der Waals surface area contributed by atoms with Crippen molar-refractivity contribution in [2.24, 2.45) is 0 Å². The number of anilines is 2. The highest BCUT2D eigenvalue weighted by molar-refractivity contribution is 6.30. The number of rotatable bonds is 4. The number of hydrogen-bond acceptors (Lipinski definition) is 5. The van der Waals surface area contributed by atoms with E-state index in [0.717, 1.165) is 36.6 Å². The first-order valence-corrected chi connectivity index (χ1v) is 10.5. The maximum absolute atomic E-state index is 12.9. The molecule has 1 N–H and O–H groups in total. The highest BCUT2D eigenvalue weighted by atomic mass is 35.5. The van der Waals surface area contributed by atoms with E-state index in [-0.39, 0.29) is 5.91 Å². The minimum Gasteiger partial charge on any atom is -0.368 e. The van der Waals surface area contributed by atoms with Gasteiger partial charge in [-0.25, -0.2) is 9.97 Å². The summed E-state index contributed by atoms with van der Waals surface area (Å²) in [6, 6.07) is 9.97. The summed E-state index contributed by atoms with van der Waals surface area (Å²) < 4.78 is 0. The molecule has 1 aromatic heterocycles. The number of amides is 1. The molecule has 1 amide bonds. The van der Waals surface area contributed by atoms with Crippen LogP contribution in [-0.4, -0.2) is 53.0 Å². The van der Waals surface area contributed by atoms with Gasteiger partial charge >= 0.3 is 0 Å². The molecule has 1 aliphatic carbocycles. The SMILES string of the molecule is O=C(c1ccnc(NC2CCCCC2)n1)N1CCN(c2cccc(Cl)c2)CC1. The van der Waals surface area contributed by atoms with Crippen LogP contribution in [0, 0.1) is 0 Å². The number of nitrogens with one attached hydrogen (secondary N) is 1. The average molecular weight is 400 g/mol. The van der Waals surface area contributed by atoms with Crippen LogP contribution in [-0.2, 0) is 0 Å². The second-order valence-electron chi connectivity index (χ2n) is 7.50. The van der Waals surface area contributed by atoms with E-state index in [4.69, 9.17) is 11.6 Å². The molecule has 0 radical (unpaired) electrons. The Balaban J connectivity index is 1.36. The topological polar surface area (TPSA) is 61.4 Å². The normalized spacial score (nSPS) is 18.2. The molecule has 0 spiro atoms. The molecule has 28 heavy (non-hydrogen) atoms. The van der Waals surface area contributed by atoms with E-state index in [1.807, 2.05) is 23.1 Å². The van der Waals surface area contributed by atoms with Gasteiger partial charge in [-0.1, -0.05) is 36.9 Å². The molecule has 2 aromatic rings. The third-order valence-electron chi connectivity index (χ3n) is 5.55. The molecule has 2 aliphatic rings. The van der Waals surface area contributed by atoms with E-state index < -0.39 is 0 Å². The molecule has 0 bridgehead atoms. The average Bonchev–Trinajstić information content (AvgIpc) is 2.74. The van der Waals surface area contributed by atoms with Gasteiger partial charge in [0.1, 0.15) is 5.69 Å². The Kier molecular flexibility index (Phi) is 5.95. The van der Waals surface area contributed by atoms with Crippen LogP contribution in [0.4, 0.5) is 11.6 Å². The molecular weight excluding hydrogens is 374 g/mol. The molecule has 1 aliphatic heterocycles. The van der Waals surface area contributed by atoms with Crippen molar-refractivity contribution >= 4 is 29.1 Å². The molecule has 148 valence electrons. The third kappa shape index (κ3) is 4.55. The van der Waals surface area contributed by atoms with Gasteiger partial charge in [0, 0.05) is 49.1 Å². The van der Waals surface area contributed by atoms with Crippen LogP contribution in [0.15, 0.2) is 36.5 Å². The highest BCUT2D eigenvalue weighted by Crippen LogP contribution is 2.22. The number of benzene rings is 1. The molecule has 1 saturated carbocycles. The summed E-state index contributed by atoms with van der Waals surface area (Å²) in [5, 5.41) is 4.13. The van der Waals surface area contributed by atoms with E-state index in [2.05, 4.69) is 26.3 Å². The van der Waals surface area contributed by atoms with Crippen molar-refractivity contribution in [3.8, 4) is 0 Å². The van der Waals surface area contributed by atoms with Crippen molar-refractivity contribution in [3.05, 3.63) is 47.2 Å². The lowest BCUT2D eigenvalue weighted by Gasteiger charge is -2.36. The fourth-order valence-electron chi connectivity index (χ4n) is 3.98. The first-order valence-electron chi connectivity index (χ1n) is 10.1. The van der Waals surface area contributed by atoms with Crippen molar-refractivity contribution in [1.82, 2.24) is 14.9 Å². The van der Waals surface area contributed by atoms with Crippen LogP contribution in [0.1, 0.15) is 42.6 Å². The summed E-state index contributed by atoms with van der Waals surface area (Å²) in [6.45, 7) is 2.90. The zero-order chi connectivity index (χ0) is 19.3. The first kappa shape index (κ1) is 19.0. The Morgan fingerprint density at radius 1 is 1.07 bits per heavy atom. The molecule has 2 heterocycles. The fraction of sp³-hybridized carbons (Fsp3) is 0.476. The Morgan fingerprint density at radius 2 is 1.86 bits per heavy atom. The minimum atomic E-state index is -0.0279. The summed E-state index contributed by atoms with van der Waals surface area (Å²) in [5.41, 5.74) is 1.56. The number of piperazine rings is 1. The summed E-state index contributed by atoms with van der Waals surface area (Å²) in [7, 11) is 0. The zero-order valence-electron chi connectivity index (χ0n) is 16.0. The summed E-state index contributed by atoms with van der Waals surface area (Å²) in [4.78, 5) is 25.8. The van der Waals surface area contributed by atoms with Crippen LogP contribution in [0.5, 0.6) is 0 Å². The number of carbonyl (C=O) groups excluding carboxylic acids is 1. The van der Waals surface area contributed by atoms with E-state index >= 15 is 0 Å². The largest absolute Gasteiger partial charge is 0.368 e. The fourth-order valence-corrected chi connectivity index (χ4v) is 4.16. The molecule has 6 nitrogen and oxygen atoms in total. The predicted molar refractivity (Wildman–Crippen MR) is 112 cm³/mol. The van der Waals surface area contributed by atoms with Gasteiger partial charge in [-0.3, -0.25) is 4.79 Å². The lowest BCUT2D eigenvalue weighted by molar-refractivity contribution is 0.0741. The van der Waals surface area contributed by atoms with Crippen molar-refractivity contribution < 1.29 is 4.79 Å². The second-order valence-corrected chi connectivity index (χ2v) is 7.94. The van der Waals surface area contributed by atoms with Gasteiger partial charge in [-0.05, 0) is 37.1 Å². The molecule has 7 heteroatoms. The van der Waals surface area contributed by atoms with Crippen LogP contribution in [0.25, 0.3) is 0 Å². The van der Waals surface area contributed by atoms with Gasteiger partial charge in [0.25, 0.3) is 5.91 Å². The van der Waals surface area contributed by atoms with Crippen molar-refractivity contribution in [2.45, 2.75) is 38.1 Å². The molecule has 0 unspecified atom stereocenters. The van der Waals surface area contributed by atoms with E-state index in [1.54, 1.807) is 12.3 Å². The van der Waals surface area contributed by atoms with Crippen molar-refractivity contribution in [3.63, 3.8) is 0 Å². The van der Waals surface area contributed by atoms with Gasteiger partial charge < -0.3 is 15.1 Å². The van der Waals surface area contributed by atoms with Crippen LogP contribution < -0.4 is 10.2 Å². The van der Waals surface area contributed by atoms with E-state index in [1.165, 1.54) is 19.3 Å². The molecule has 1 saturated heterocycles. The molecule has 2 fully saturated rings. The maximum Gasteiger partial charge on any atom is 0.272 e. The summed E-state index contributed by atoms with van der Waals surface area (Å²) >= 11 is 6.10. The Labute approximate surface area is 170 Å². The number of nitrogens with zero attached hydrogens (tertiary/aromatic N) is 4. The maximum atomic E-state index is 12.9. The summed E-state index contributed by atoms with van der Waals surface area (Å²) in [5.74, 6) is 0.537. The van der Waals surface area contributed by atoms with Crippen LogP contribution in [0.2, 0.25) is 5.02 Å². The molecular formula is C21H26ClN5O. The number of halogens is 1. The number of hydrogen-bond donors (Lipinski definition) is 1. The lowest BCUT2D eigenvalue weighted by atomic mass is 9.96. The first-order chi connectivity index (χ1) is 13.7. The molecule has 1 aromatic carbocycles. The standard InChI is InChI=1S/C21H26ClN5O/c22-16-5-4-8-18(15-16)26-11-13-27(14-12-26)20(28)19-9-10-23-21(25-19)24-17-6-2-1-3-7-17/h4-5,8-10,15,17H,1-3,6-7,11-14H2,(H,23,24,25). The number of carbonyl (C=O) groups is 1.